The van der Waals surface area contributed by atoms with Crippen LogP contribution < -0.4 is 19.9 Å². The van der Waals surface area contributed by atoms with Gasteiger partial charge < -0.3 is 24.4 Å². The van der Waals surface area contributed by atoms with Gasteiger partial charge in [0.1, 0.15) is 22.5 Å². The maximum Gasteiger partial charge on any atom is 0.249 e. The molecular formula is C23H27N7O2S. The van der Waals surface area contributed by atoms with E-state index in [1.165, 1.54) is 11.8 Å². The van der Waals surface area contributed by atoms with Crippen molar-refractivity contribution < 1.29 is 9.53 Å². The predicted octanol–water partition coefficient (Wildman–Crippen LogP) is 3.78. The number of carbonyl (C=O) groups is 1. The zero-order chi connectivity index (χ0) is 23.1. The van der Waals surface area contributed by atoms with Gasteiger partial charge in [-0.1, -0.05) is 0 Å². The van der Waals surface area contributed by atoms with Gasteiger partial charge >= 0.3 is 0 Å². The average molecular weight is 466 g/mol. The summed E-state index contributed by atoms with van der Waals surface area (Å²) in [5.41, 5.74) is 3.44. The van der Waals surface area contributed by atoms with E-state index in [9.17, 15) is 4.79 Å². The van der Waals surface area contributed by atoms with E-state index in [4.69, 9.17) is 14.7 Å². The molecule has 0 unspecified atom stereocenters. The van der Waals surface area contributed by atoms with E-state index in [2.05, 4.69) is 15.2 Å². The Kier molecular flexibility index (Phi) is 5.61. The van der Waals surface area contributed by atoms with Gasteiger partial charge in [0.25, 0.3) is 0 Å². The smallest absolute Gasteiger partial charge is 0.249 e. The number of imidazole rings is 1. The molecule has 1 aromatic carbocycles. The van der Waals surface area contributed by atoms with Crippen molar-refractivity contribution in [2.75, 3.05) is 42.1 Å². The van der Waals surface area contributed by atoms with Crippen LogP contribution in [0.2, 0.25) is 0 Å². The molecule has 3 aromatic rings. The van der Waals surface area contributed by atoms with E-state index in [-0.39, 0.29) is 11.9 Å². The number of benzene rings is 1. The summed E-state index contributed by atoms with van der Waals surface area (Å²) in [6, 6.07) is 5.72. The van der Waals surface area contributed by atoms with Crippen LogP contribution in [0.15, 0.2) is 35.7 Å². The second kappa shape index (κ2) is 8.58. The van der Waals surface area contributed by atoms with Gasteiger partial charge in [-0.05, 0) is 44.6 Å². The number of nitrogens with zero attached hydrogens (tertiary/aromatic N) is 6. The van der Waals surface area contributed by atoms with Gasteiger partial charge in [-0.3, -0.25) is 4.79 Å². The number of aryl methyl sites for hydroxylation is 1. The molecule has 0 saturated carbocycles. The van der Waals surface area contributed by atoms with Crippen molar-refractivity contribution in [3.63, 3.8) is 0 Å². The number of anilines is 4. The fraction of sp³-hybridized carbons (Fsp3) is 0.391. The summed E-state index contributed by atoms with van der Waals surface area (Å²) in [6.45, 7) is 2.78. The molecule has 1 atom stereocenters. The number of piperidine rings is 1. The Balaban J connectivity index is 1.51. The van der Waals surface area contributed by atoms with E-state index in [1.807, 2.05) is 49.2 Å². The minimum atomic E-state index is -0.147. The average Bonchev–Trinajstić information content (AvgIpc) is 3.27. The monoisotopic (exact) mass is 465 g/mol. The van der Waals surface area contributed by atoms with E-state index in [0.29, 0.717) is 11.7 Å². The van der Waals surface area contributed by atoms with Crippen LogP contribution in [0.25, 0.3) is 5.69 Å². The first-order chi connectivity index (χ1) is 16.0. The van der Waals surface area contributed by atoms with E-state index < -0.39 is 0 Å². The minimum absolute atomic E-state index is 0.122. The lowest BCUT2D eigenvalue weighted by molar-refractivity contribution is -0.120. The summed E-state index contributed by atoms with van der Waals surface area (Å²) >= 11 is 1.52. The van der Waals surface area contributed by atoms with Crippen molar-refractivity contribution in [1.29, 1.82) is 0 Å². The van der Waals surface area contributed by atoms with Crippen LogP contribution in [0.5, 0.6) is 5.75 Å². The zero-order valence-electron chi connectivity index (χ0n) is 19.2. The third-order valence-electron chi connectivity index (χ3n) is 6.18. The number of amides is 1. The predicted molar refractivity (Wildman–Crippen MR) is 130 cm³/mol. The van der Waals surface area contributed by atoms with E-state index in [0.717, 1.165) is 59.4 Å². The molecule has 2 aliphatic heterocycles. The number of carbonyl (C=O) groups excluding carboxylic acids is 1. The molecule has 2 aliphatic rings. The quantitative estimate of drug-likeness (QED) is 0.450. The molecule has 4 heterocycles. The molecule has 1 amide bonds. The van der Waals surface area contributed by atoms with E-state index in [1.54, 1.807) is 18.3 Å². The number of fused-ring (bicyclic) bond motifs is 3. The Hall–Kier alpha value is -3.27. The van der Waals surface area contributed by atoms with Gasteiger partial charge in [-0.25, -0.2) is 9.97 Å². The van der Waals surface area contributed by atoms with Crippen LogP contribution in [0.3, 0.4) is 0 Å². The van der Waals surface area contributed by atoms with Crippen molar-refractivity contribution in [3.8, 4) is 11.4 Å². The first-order valence-electron chi connectivity index (χ1n) is 11.0. The summed E-state index contributed by atoms with van der Waals surface area (Å²) < 4.78 is 7.57. The minimum Gasteiger partial charge on any atom is -0.494 e. The first kappa shape index (κ1) is 21.6. The molecule has 1 saturated heterocycles. The molecule has 0 aliphatic carbocycles. The zero-order valence-corrected chi connectivity index (χ0v) is 20.0. The molecule has 0 spiro atoms. The summed E-state index contributed by atoms with van der Waals surface area (Å²) in [5.74, 6) is 2.15. The van der Waals surface area contributed by atoms with Crippen LogP contribution in [-0.2, 0) is 4.79 Å². The van der Waals surface area contributed by atoms with Gasteiger partial charge in [-0.2, -0.15) is 4.98 Å². The Morgan fingerprint density at radius 1 is 1.24 bits per heavy atom. The van der Waals surface area contributed by atoms with E-state index >= 15 is 0 Å². The Bertz CT molecular complexity index is 1210. The molecule has 1 N–H and O–H groups in total. The standard InChI is InChI=1S/C23H27N7O2S/c1-14-12-29(13-24-14)16-9-8-15(11-18(16)32-3)25-23-26-20-19(21(27-23)33-4)28(2)22(31)17-7-5-6-10-30(17)20/h8-9,11-13,17H,5-7,10H2,1-4H3,(H,25,26,27)/t17-/m1/s1. The lowest BCUT2D eigenvalue weighted by atomic mass is 9.98. The highest BCUT2D eigenvalue weighted by Crippen LogP contribution is 2.42. The van der Waals surface area contributed by atoms with Crippen molar-refractivity contribution >= 4 is 40.8 Å². The molecule has 172 valence electrons. The Morgan fingerprint density at radius 2 is 2.09 bits per heavy atom. The van der Waals surface area contributed by atoms with Crippen LogP contribution >= 0.6 is 11.8 Å². The topological polar surface area (TPSA) is 88.4 Å². The molecular weight excluding hydrogens is 438 g/mol. The van der Waals surface area contributed by atoms with Gasteiger partial charge in [0.2, 0.25) is 11.9 Å². The number of nitrogens with one attached hydrogen (secondary N) is 1. The fourth-order valence-electron chi connectivity index (χ4n) is 4.54. The summed E-state index contributed by atoms with van der Waals surface area (Å²) in [6.07, 6.45) is 8.67. The second-order valence-corrected chi connectivity index (χ2v) is 9.06. The van der Waals surface area contributed by atoms with Gasteiger partial charge in [0, 0.05) is 31.5 Å². The number of hydrogen-bond acceptors (Lipinski definition) is 8. The molecule has 9 nitrogen and oxygen atoms in total. The highest BCUT2D eigenvalue weighted by molar-refractivity contribution is 7.98. The van der Waals surface area contributed by atoms with Crippen molar-refractivity contribution in [3.05, 3.63) is 36.4 Å². The highest BCUT2D eigenvalue weighted by atomic mass is 32.2. The maximum atomic E-state index is 13.0. The number of ether oxygens (including phenoxy) is 1. The SMILES string of the molecule is COc1cc(Nc2nc(SC)c3c(n2)N2CCCC[C@@H]2C(=O)N3C)ccc1-n1cnc(C)c1. The number of aromatic nitrogens is 4. The van der Waals surface area contributed by atoms with Crippen molar-refractivity contribution in [2.45, 2.75) is 37.3 Å². The van der Waals surface area contributed by atoms with Crippen LogP contribution in [0.1, 0.15) is 25.0 Å². The van der Waals surface area contributed by atoms with Crippen LogP contribution in [0, 0.1) is 6.92 Å². The summed E-state index contributed by atoms with van der Waals surface area (Å²) in [4.78, 5) is 30.7. The molecule has 0 radical (unpaired) electrons. The summed E-state index contributed by atoms with van der Waals surface area (Å²) in [7, 11) is 3.47. The lowest BCUT2D eigenvalue weighted by Gasteiger charge is -2.43. The number of thioether (sulfide) groups is 1. The third-order valence-corrected chi connectivity index (χ3v) is 6.85. The van der Waals surface area contributed by atoms with Gasteiger partial charge in [0.15, 0.2) is 5.82 Å². The van der Waals surface area contributed by atoms with Crippen molar-refractivity contribution in [1.82, 2.24) is 19.5 Å². The molecule has 33 heavy (non-hydrogen) atoms. The third kappa shape index (κ3) is 3.78. The summed E-state index contributed by atoms with van der Waals surface area (Å²) in [5, 5.41) is 4.12. The second-order valence-electron chi connectivity index (χ2n) is 8.26. The Morgan fingerprint density at radius 3 is 2.82 bits per heavy atom. The molecule has 0 bridgehead atoms. The number of likely N-dealkylation sites (N-methyl/N-ethyl adjacent to an activating group) is 1. The Labute approximate surface area is 197 Å². The first-order valence-corrected chi connectivity index (χ1v) is 12.2. The van der Waals surface area contributed by atoms with Gasteiger partial charge in [0.05, 0.1) is 24.8 Å². The highest BCUT2D eigenvalue weighted by Gasteiger charge is 2.40. The normalized spacial score (nSPS) is 17.6. The van der Waals surface area contributed by atoms with Crippen LogP contribution in [0.4, 0.5) is 23.1 Å². The largest absolute Gasteiger partial charge is 0.494 e. The molecule has 2 aromatic heterocycles. The van der Waals surface area contributed by atoms with Crippen molar-refractivity contribution in [2.24, 2.45) is 0 Å². The molecule has 1 fully saturated rings. The van der Waals surface area contributed by atoms with Crippen LogP contribution in [-0.4, -0.2) is 58.4 Å². The maximum absolute atomic E-state index is 13.0. The number of hydrogen-bond donors (Lipinski definition) is 1. The lowest BCUT2D eigenvalue weighted by Crippen LogP contribution is -2.54. The molecule has 5 rings (SSSR count). The van der Waals surface area contributed by atoms with Gasteiger partial charge in [-0.15, -0.1) is 11.8 Å². The fourth-order valence-corrected chi connectivity index (χ4v) is 5.14. The molecule has 10 heteroatoms. The number of methoxy groups -OCH3 is 1. The number of rotatable bonds is 5.